The van der Waals surface area contributed by atoms with Crippen molar-refractivity contribution in [1.29, 1.82) is 0 Å². The van der Waals surface area contributed by atoms with Crippen molar-refractivity contribution in [3.8, 4) is 0 Å². The molecule has 1 aromatic carbocycles. The van der Waals surface area contributed by atoms with Crippen LogP contribution in [0.15, 0.2) is 30.5 Å². The van der Waals surface area contributed by atoms with Crippen LogP contribution in [0.1, 0.15) is 71.6 Å². The molecule has 0 fully saturated rings. The van der Waals surface area contributed by atoms with Gasteiger partial charge < -0.3 is 10.2 Å². The first kappa shape index (κ1) is 20.1. The van der Waals surface area contributed by atoms with Crippen LogP contribution in [-0.4, -0.2) is 40.1 Å². The monoisotopic (exact) mass is 382 g/mol. The summed E-state index contributed by atoms with van der Waals surface area (Å²) in [6.45, 7) is 6.82. The Morgan fingerprint density at radius 1 is 1.21 bits per heavy atom. The summed E-state index contributed by atoms with van der Waals surface area (Å²) >= 11 is 0. The number of nitrogens with zero attached hydrogens (tertiary/aromatic N) is 3. The molecule has 28 heavy (non-hydrogen) atoms. The molecular formula is C22H30N4O2. The van der Waals surface area contributed by atoms with Crippen molar-refractivity contribution < 1.29 is 9.59 Å². The van der Waals surface area contributed by atoms with Crippen molar-refractivity contribution >= 4 is 11.8 Å². The van der Waals surface area contributed by atoms with E-state index in [1.807, 2.05) is 25.0 Å². The minimum Gasteiger partial charge on any atom is -0.352 e. The second-order valence-corrected chi connectivity index (χ2v) is 8.81. The third-order valence-electron chi connectivity index (χ3n) is 5.31. The molecule has 1 atom stereocenters. The van der Waals surface area contributed by atoms with Gasteiger partial charge in [-0.2, -0.15) is 5.10 Å². The molecule has 1 unspecified atom stereocenters. The van der Waals surface area contributed by atoms with E-state index in [1.165, 1.54) is 5.69 Å². The van der Waals surface area contributed by atoms with Gasteiger partial charge in [0.05, 0.1) is 12.2 Å². The minimum atomic E-state index is -0.116. The fourth-order valence-electron chi connectivity index (χ4n) is 3.64. The SMILES string of the molecule is CN(C(=O)c1ccc(C(=O)NCC(C)(C)C)cc1)C1CCCc2c1cnn2C. The Balaban J connectivity index is 1.70. The maximum Gasteiger partial charge on any atom is 0.254 e. The van der Waals surface area contributed by atoms with Crippen LogP contribution >= 0.6 is 0 Å². The van der Waals surface area contributed by atoms with Crippen LogP contribution in [0.25, 0.3) is 0 Å². The lowest BCUT2D eigenvalue weighted by molar-refractivity contribution is 0.0714. The molecule has 2 amide bonds. The summed E-state index contributed by atoms with van der Waals surface area (Å²) in [5, 5.41) is 7.29. The number of benzene rings is 1. The Kier molecular flexibility index (Phi) is 5.59. The average Bonchev–Trinajstić information content (AvgIpc) is 3.05. The molecule has 1 N–H and O–H groups in total. The summed E-state index contributed by atoms with van der Waals surface area (Å²) in [7, 11) is 3.80. The standard InChI is InChI=1S/C22H30N4O2/c1-22(2,3)14-23-20(27)15-9-11-16(12-10-15)21(28)25(4)18-7-6-8-19-17(18)13-24-26(19)5/h9-13,18H,6-8,14H2,1-5H3,(H,23,27). The highest BCUT2D eigenvalue weighted by molar-refractivity contribution is 5.97. The predicted molar refractivity (Wildman–Crippen MR) is 109 cm³/mol. The summed E-state index contributed by atoms with van der Waals surface area (Å²) in [6, 6.07) is 6.94. The largest absolute Gasteiger partial charge is 0.352 e. The van der Waals surface area contributed by atoms with Crippen molar-refractivity contribution in [2.24, 2.45) is 12.5 Å². The normalized spacial score (nSPS) is 16.4. The maximum absolute atomic E-state index is 13.0. The van der Waals surface area contributed by atoms with E-state index in [9.17, 15) is 9.59 Å². The molecular weight excluding hydrogens is 352 g/mol. The second-order valence-electron chi connectivity index (χ2n) is 8.81. The number of amides is 2. The van der Waals surface area contributed by atoms with Gasteiger partial charge in [-0.15, -0.1) is 0 Å². The van der Waals surface area contributed by atoms with Gasteiger partial charge in [0.1, 0.15) is 0 Å². The van der Waals surface area contributed by atoms with Crippen molar-refractivity contribution in [3.63, 3.8) is 0 Å². The lowest BCUT2D eigenvalue weighted by atomic mass is 9.91. The number of fused-ring (bicyclic) bond motifs is 1. The average molecular weight is 383 g/mol. The molecule has 1 aromatic heterocycles. The van der Waals surface area contributed by atoms with Gasteiger partial charge in [0, 0.05) is 43.0 Å². The Hall–Kier alpha value is -2.63. The molecule has 0 saturated carbocycles. The number of aryl methyl sites for hydroxylation is 1. The minimum absolute atomic E-state index is 0.0272. The highest BCUT2D eigenvalue weighted by Crippen LogP contribution is 2.33. The lowest BCUT2D eigenvalue weighted by Gasteiger charge is -2.31. The van der Waals surface area contributed by atoms with Crippen molar-refractivity contribution in [3.05, 3.63) is 52.8 Å². The summed E-state index contributed by atoms with van der Waals surface area (Å²) in [4.78, 5) is 27.1. The maximum atomic E-state index is 13.0. The van der Waals surface area contributed by atoms with Crippen molar-refractivity contribution in [1.82, 2.24) is 20.0 Å². The zero-order valence-corrected chi connectivity index (χ0v) is 17.5. The fraction of sp³-hybridized carbons (Fsp3) is 0.500. The Morgan fingerprint density at radius 3 is 2.50 bits per heavy atom. The van der Waals surface area contributed by atoms with E-state index in [0.717, 1.165) is 24.8 Å². The van der Waals surface area contributed by atoms with E-state index >= 15 is 0 Å². The first-order chi connectivity index (χ1) is 13.2. The van der Waals surface area contributed by atoms with Gasteiger partial charge in [0.2, 0.25) is 0 Å². The van der Waals surface area contributed by atoms with Crippen LogP contribution in [0.4, 0.5) is 0 Å². The molecule has 0 aliphatic heterocycles. The number of aromatic nitrogens is 2. The van der Waals surface area contributed by atoms with E-state index in [4.69, 9.17) is 0 Å². The van der Waals surface area contributed by atoms with Crippen LogP contribution < -0.4 is 5.32 Å². The smallest absolute Gasteiger partial charge is 0.254 e. The van der Waals surface area contributed by atoms with Gasteiger partial charge in [-0.05, 0) is 48.9 Å². The molecule has 6 nitrogen and oxygen atoms in total. The zero-order valence-electron chi connectivity index (χ0n) is 17.5. The van der Waals surface area contributed by atoms with Crippen LogP contribution in [0.3, 0.4) is 0 Å². The van der Waals surface area contributed by atoms with Crippen LogP contribution in [0.2, 0.25) is 0 Å². The lowest BCUT2D eigenvalue weighted by Crippen LogP contribution is -2.33. The molecule has 0 radical (unpaired) electrons. The Bertz CT molecular complexity index is 862. The number of rotatable bonds is 4. The second kappa shape index (κ2) is 7.78. The fourth-order valence-corrected chi connectivity index (χ4v) is 3.64. The summed E-state index contributed by atoms with van der Waals surface area (Å²) < 4.78 is 1.91. The first-order valence-electron chi connectivity index (χ1n) is 9.83. The molecule has 6 heteroatoms. The quantitative estimate of drug-likeness (QED) is 0.882. The van der Waals surface area contributed by atoms with Crippen LogP contribution in [-0.2, 0) is 13.5 Å². The van der Waals surface area contributed by atoms with E-state index < -0.39 is 0 Å². The van der Waals surface area contributed by atoms with E-state index in [0.29, 0.717) is 17.7 Å². The van der Waals surface area contributed by atoms with Gasteiger partial charge in [-0.3, -0.25) is 14.3 Å². The first-order valence-corrected chi connectivity index (χ1v) is 9.83. The molecule has 1 heterocycles. The molecule has 2 aromatic rings. The molecule has 150 valence electrons. The number of carbonyl (C=O) groups excluding carboxylic acids is 2. The van der Waals surface area contributed by atoms with Crippen molar-refractivity contribution in [2.45, 2.75) is 46.1 Å². The predicted octanol–water partition coefficient (Wildman–Crippen LogP) is 3.35. The highest BCUT2D eigenvalue weighted by atomic mass is 16.2. The molecule has 1 aliphatic rings. The van der Waals surface area contributed by atoms with E-state index in [2.05, 4.69) is 31.2 Å². The number of nitrogens with one attached hydrogen (secondary N) is 1. The van der Waals surface area contributed by atoms with Gasteiger partial charge in [0.15, 0.2) is 0 Å². The zero-order chi connectivity index (χ0) is 20.5. The summed E-state index contributed by atoms with van der Waals surface area (Å²) in [5.41, 5.74) is 3.53. The molecule has 0 bridgehead atoms. The summed E-state index contributed by atoms with van der Waals surface area (Å²) in [6.07, 6.45) is 4.87. The highest BCUT2D eigenvalue weighted by Gasteiger charge is 2.29. The van der Waals surface area contributed by atoms with Gasteiger partial charge in [0.25, 0.3) is 11.8 Å². The molecule has 0 saturated heterocycles. The van der Waals surface area contributed by atoms with Gasteiger partial charge in [-0.1, -0.05) is 20.8 Å². The topological polar surface area (TPSA) is 67.2 Å². The molecule has 1 aliphatic carbocycles. The summed E-state index contributed by atoms with van der Waals surface area (Å²) in [5.74, 6) is -0.155. The molecule has 0 spiro atoms. The van der Waals surface area contributed by atoms with Gasteiger partial charge in [-0.25, -0.2) is 0 Å². The third-order valence-corrected chi connectivity index (χ3v) is 5.31. The third kappa shape index (κ3) is 4.26. The Morgan fingerprint density at radius 2 is 1.86 bits per heavy atom. The van der Waals surface area contributed by atoms with E-state index in [1.54, 1.807) is 29.2 Å². The number of carbonyl (C=O) groups is 2. The number of hydrogen-bond acceptors (Lipinski definition) is 3. The number of hydrogen-bond donors (Lipinski definition) is 1. The molecule has 3 rings (SSSR count). The van der Waals surface area contributed by atoms with Gasteiger partial charge >= 0.3 is 0 Å². The Labute approximate surface area is 166 Å². The van der Waals surface area contributed by atoms with Crippen LogP contribution in [0, 0.1) is 5.41 Å². The van der Waals surface area contributed by atoms with E-state index in [-0.39, 0.29) is 23.3 Å². The van der Waals surface area contributed by atoms with Crippen molar-refractivity contribution in [2.75, 3.05) is 13.6 Å². The van der Waals surface area contributed by atoms with Crippen LogP contribution in [0.5, 0.6) is 0 Å².